The summed E-state index contributed by atoms with van der Waals surface area (Å²) in [4.78, 5) is 22.0. The number of carbonyl (C=O) groups excluding carboxylic acids is 1. The molecule has 7 heteroatoms. The van der Waals surface area contributed by atoms with Crippen molar-refractivity contribution in [1.82, 2.24) is 5.32 Å². The molecule has 0 aromatic heterocycles. The van der Waals surface area contributed by atoms with E-state index in [9.17, 15) is 14.9 Å². The number of nitro benzene ring substituents is 1. The molecule has 21 heavy (non-hydrogen) atoms. The monoisotopic (exact) mass is 305 g/mol. The minimum Gasteiger partial charge on any atom is -0.399 e. The fourth-order valence-electron chi connectivity index (χ4n) is 1.76. The number of amides is 1. The van der Waals surface area contributed by atoms with Crippen molar-refractivity contribution in [2.45, 2.75) is 6.54 Å². The molecular weight excluding hydrogens is 294 g/mol. The molecule has 2 aromatic carbocycles. The molecule has 0 aliphatic heterocycles. The van der Waals surface area contributed by atoms with Crippen LogP contribution >= 0.6 is 11.6 Å². The summed E-state index contributed by atoms with van der Waals surface area (Å²) in [5.74, 6) is -0.317. The topological polar surface area (TPSA) is 98.3 Å². The van der Waals surface area contributed by atoms with Crippen LogP contribution in [-0.4, -0.2) is 10.8 Å². The molecule has 0 saturated carbocycles. The number of nitrogens with zero attached hydrogens (tertiary/aromatic N) is 1. The lowest BCUT2D eigenvalue weighted by molar-refractivity contribution is -0.384. The quantitative estimate of drug-likeness (QED) is 0.515. The first-order chi connectivity index (χ1) is 9.95. The number of nitrogen functional groups attached to an aromatic ring is 1. The molecule has 0 aliphatic carbocycles. The van der Waals surface area contributed by atoms with Gasteiger partial charge in [-0.1, -0.05) is 23.7 Å². The number of anilines is 1. The molecular formula is C14H12ClN3O3. The molecule has 108 valence electrons. The summed E-state index contributed by atoms with van der Waals surface area (Å²) >= 11 is 5.83. The zero-order valence-corrected chi connectivity index (χ0v) is 11.6. The maximum Gasteiger partial charge on any atom is 0.269 e. The maximum absolute atomic E-state index is 12.0. The standard InChI is InChI=1S/C14H12ClN3O3/c15-11-5-10(6-12(16)7-11)14(19)17-8-9-1-3-13(4-2-9)18(20)21/h1-7H,8,16H2,(H,17,19). The van der Waals surface area contributed by atoms with E-state index >= 15 is 0 Å². The van der Waals surface area contributed by atoms with Gasteiger partial charge in [-0.05, 0) is 23.8 Å². The van der Waals surface area contributed by atoms with Gasteiger partial charge in [-0.15, -0.1) is 0 Å². The van der Waals surface area contributed by atoms with Gasteiger partial charge < -0.3 is 11.1 Å². The van der Waals surface area contributed by atoms with Crippen LogP contribution in [0.3, 0.4) is 0 Å². The summed E-state index contributed by atoms with van der Waals surface area (Å²) in [5.41, 5.74) is 7.15. The summed E-state index contributed by atoms with van der Waals surface area (Å²) in [5, 5.41) is 13.6. The number of nitro groups is 1. The van der Waals surface area contributed by atoms with Crippen molar-refractivity contribution in [3.8, 4) is 0 Å². The van der Waals surface area contributed by atoms with Gasteiger partial charge in [-0.2, -0.15) is 0 Å². The molecule has 1 amide bonds. The van der Waals surface area contributed by atoms with Gasteiger partial charge >= 0.3 is 0 Å². The highest BCUT2D eigenvalue weighted by atomic mass is 35.5. The van der Waals surface area contributed by atoms with E-state index < -0.39 is 4.92 Å². The third-order valence-corrected chi connectivity index (χ3v) is 3.00. The molecule has 0 aliphatic rings. The van der Waals surface area contributed by atoms with Gasteiger partial charge in [0.1, 0.15) is 0 Å². The second kappa shape index (κ2) is 6.23. The highest BCUT2D eigenvalue weighted by Gasteiger charge is 2.08. The summed E-state index contributed by atoms with van der Waals surface area (Å²) in [7, 11) is 0. The van der Waals surface area contributed by atoms with Crippen molar-refractivity contribution in [3.05, 3.63) is 68.7 Å². The Hall–Kier alpha value is -2.60. The first-order valence-corrected chi connectivity index (χ1v) is 6.41. The molecule has 0 unspecified atom stereocenters. The Morgan fingerprint density at radius 3 is 2.48 bits per heavy atom. The molecule has 0 atom stereocenters. The summed E-state index contributed by atoms with van der Waals surface area (Å²) in [6.45, 7) is 0.253. The van der Waals surface area contributed by atoms with Crippen molar-refractivity contribution >= 4 is 28.9 Å². The molecule has 2 rings (SSSR count). The summed E-state index contributed by atoms with van der Waals surface area (Å²) in [6.07, 6.45) is 0. The number of rotatable bonds is 4. The largest absolute Gasteiger partial charge is 0.399 e. The molecule has 0 fully saturated rings. The lowest BCUT2D eigenvalue weighted by atomic mass is 10.1. The van der Waals surface area contributed by atoms with Crippen molar-refractivity contribution in [2.75, 3.05) is 5.73 Å². The van der Waals surface area contributed by atoms with Crippen molar-refractivity contribution in [2.24, 2.45) is 0 Å². The highest BCUT2D eigenvalue weighted by Crippen LogP contribution is 2.17. The Bertz CT molecular complexity index is 666. The van der Waals surface area contributed by atoms with Gasteiger partial charge in [-0.3, -0.25) is 14.9 Å². The van der Waals surface area contributed by atoms with Crippen molar-refractivity contribution < 1.29 is 9.72 Å². The zero-order chi connectivity index (χ0) is 15.4. The Kier molecular flexibility index (Phi) is 4.39. The number of nitrogens with one attached hydrogen (secondary N) is 1. The van der Waals surface area contributed by atoms with Crippen LogP contribution < -0.4 is 11.1 Å². The predicted molar refractivity (Wildman–Crippen MR) is 80.1 cm³/mol. The molecule has 2 aromatic rings. The fourth-order valence-corrected chi connectivity index (χ4v) is 2.01. The van der Waals surface area contributed by atoms with Crippen LogP contribution in [0.2, 0.25) is 5.02 Å². The molecule has 6 nitrogen and oxygen atoms in total. The molecule has 0 radical (unpaired) electrons. The smallest absolute Gasteiger partial charge is 0.269 e. The second-order valence-corrected chi connectivity index (χ2v) is 4.82. The maximum atomic E-state index is 12.0. The zero-order valence-electron chi connectivity index (χ0n) is 10.9. The lowest BCUT2D eigenvalue weighted by Gasteiger charge is -2.06. The van der Waals surface area contributed by atoms with Crippen molar-refractivity contribution in [3.63, 3.8) is 0 Å². The third kappa shape index (κ3) is 3.93. The highest BCUT2D eigenvalue weighted by molar-refractivity contribution is 6.31. The second-order valence-electron chi connectivity index (χ2n) is 4.38. The van der Waals surface area contributed by atoms with Gasteiger partial charge in [-0.25, -0.2) is 0 Å². The van der Waals surface area contributed by atoms with Crippen LogP contribution in [0.4, 0.5) is 11.4 Å². The number of hydrogen-bond acceptors (Lipinski definition) is 4. The molecule has 0 spiro atoms. The SMILES string of the molecule is Nc1cc(Cl)cc(C(=O)NCc2ccc([N+](=O)[O-])cc2)c1. The van der Waals surface area contributed by atoms with E-state index in [4.69, 9.17) is 17.3 Å². The molecule has 0 saturated heterocycles. The minimum atomic E-state index is -0.475. The van der Waals surface area contributed by atoms with Crippen LogP contribution in [0.5, 0.6) is 0 Å². The summed E-state index contributed by atoms with van der Waals surface area (Å²) < 4.78 is 0. The van der Waals surface area contributed by atoms with E-state index in [1.807, 2.05) is 0 Å². The first kappa shape index (κ1) is 14.8. The number of hydrogen-bond donors (Lipinski definition) is 2. The lowest BCUT2D eigenvalue weighted by Crippen LogP contribution is -2.22. The van der Waals surface area contributed by atoms with Gasteiger partial charge in [0.05, 0.1) is 4.92 Å². The van der Waals surface area contributed by atoms with Gasteiger partial charge in [0, 0.05) is 35.0 Å². The summed E-state index contributed by atoms with van der Waals surface area (Å²) in [6, 6.07) is 10.5. The van der Waals surface area contributed by atoms with Crippen LogP contribution in [0, 0.1) is 10.1 Å². The normalized spacial score (nSPS) is 10.1. The van der Waals surface area contributed by atoms with E-state index in [0.717, 1.165) is 5.56 Å². The van der Waals surface area contributed by atoms with E-state index in [-0.39, 0.29) is 18.1 Å². The van der Waals surface area contributed by atoms with Gasteiger partial charge in [0.15, 0.2) is 0 Å². The van der Waals surface area contributed by atoms with Gasteiger partial charge in [0.25, 0.3) is 11.6 Å². The first-order valence-electron chi connectivity index (χ1n) is 6.03. The van der Waals surface area contributed by atoms with Crippen molar-refractivity contribution in [1.29, 1.82) is 0 Å². The van der Waals surface area contributed by atoms with E-state index in [0.29, 0.717) is 16.3 Å². The van der Waals surface area contributed by atoms with E-state index in [2.05, 4.69) is 5.32 Å². The fraction of sp³-hybridized carbons (Fsp3) is 0.0714. The van der Waals surface area contributed by atoms with Crippen LogP contribution in [0.1, 0.15) is 15.9 Å². The number of halogens is 1. The van der Waals surface area contributed by atoms with Crippen LogP contribution in [0.15, 0.2) is 42.5 Å². The predicted octanol–water partition coefficient (Wildman–Crippen LogP) is 2.76. The Morgan fingerprint density at radius 2 is 1.90 bits per heavy atom. The third-order valence-electron chi connectivity index (χ3n) is 2.78. The number of non-ortho nitro benzene ring substituents is 1. The van der Waals surface area contributed by atoms with Crippen LogP contribution in [0.25, 0.3) is 0 Å². The van der Waals surface area contributed by atoms with E-state index in [1.54, 1.807) is 18.2 Å². The number of nitrogens with two attached hydrogens (primary N) is 1. The minimum absolute atomic E-state index is 0.00712. The Balaban J connectivity index is 2.02. The number of benzene rings is 2. The average molecular weight is 306 g/mol. The van der Waals surface area contributed by atoms with E-state index in [1.165, 1.54) is 24.3 Å². The number of carbonyl (C=O) groups is 1. The van der Waals surface area contributed by atoms with Gasteiger partial charge in [0.2, 0.25) is 0 Å². The Labute approximate surface area is 125 Å². The molecule has 0 heterocycles. The van der Waals surface area contributed by atoms with Crippen LogP contribution in [-0.2, 0) is 6.54 Å². The molecule has 0 bridgehead atoms. The average Bonchev–Trinajstić information content (AvgIpc) is 2.44. The molecule has 3 N–H and O–H groups in total. The Morgan fingerprint density at radius 1 is 1.24 bits per heavy atom.